The van der Waals surface area contributed by atoms with Crippen LogP contribution in [0.1, 0.15) is 58.0 Å². The molecular weight excluding hydrogens is 350 g/mol. The molecule has 25 heavy (non-hydrogen) atoms. The summed E-state index contributed by atoms with van der Waals surface area (Å²) in [5, 5.41) is 6.35. The number of nitrogens with one attached hydrogen (secondary N) is 1. The van der Waals surface area contributed by atoms with Crippen molar-refractivity contribution in [3.63, 3.8) is 0 Å². The lowest BCUT2D eigenvalue weighted by atomic mass is 10.1. The minimum absolute atomic E-state index is 0.0192. The summed E-state index contributed by atoms with van der Waals surface area (Å²) in [4.78, 5) is 21.9. The number of carbonyl (C=O) groups excluding carboxylic acids is 1. The van der Waals surface area contributed by atoms with E-state index in [2.05, 4.69) is 46.6 Å². The van der Waals surface area contributed by atoms with Crippen LogP contribution in [0.25, 0.3) is 0 Å². The van der Waals surface area contributed by atoms with Crippen LogP contribution in [0.5, 0.6) is 0 Å². The fourth-order valence-electron chi connectivity index (χ4n) is 3.31. The van der Waals surface area contributed by atoms with Crippen LogP contribution in [-0.4, -0.2) is 35.4 Å². The zero-order valence-corrected chi connectivity index (χ0v) is 16.9. The minimum atomic E-state index is 0.0192. The molecule has 1 amide bonds. The van der Waals surface area contributed by atoms with Gasteiger partial charge in [-0.1, -0.05) is 19.9 Å². The molecule has 3 rings (SSSR count). The molecule has 0 spiro atoms. The summed E-state index contributed by atoms with van der Waals surface area (Å²) in [6, 6.07) is 4.56. The van der Waals surface area contributed by atoms with E-state index >= 15 is 0 Å². The number of thiazole rings is 1. The second kappa shape index (κ2) is 8.43. The first-order chi connectivity index (χ1) is 12.0. The monoisotopic (exact) mass is 377 g/mol. The Hall–Kier alpha value is -1.24. The van der Waals surface area contributed by atoms with Crippen LogP contribution in [0.15, 0.2) is 17.5 Å². The third-order valence-corrected chi connectivity index (χ3v) is 6.69. The quantitative estimate of drug-likeness (QED) is 0.783. The van der Waals surface area contributed by atoms with E-state index in [0.29, 0.717) is 12.5 Å². The van der Waals surface area contributed by atoms with Crippen LogP contribution >= 0.6 is 22.7 Å². The lowest BCUT2D eigenvalue weighted by Crippen LogP contribution is -2.36. The smallest absolute Gasteiger partial charge is 0.263 e. The summed E-state index contributed by atoms with van der Waals surface area (Å²) in [7, 11) is 0. The highest BCUT2D eigenvalue weighted by atomic mass is 32.1. The van der Waals surface area contributed by atoms with E-state index in [0.717, 1.165) is 35.1 Å². The fraction of sp³-hybridized carbons (Fsp3) is 0.579. The molecule has 1 atom stereocenters. The predicted octanol–water partition coefficient (Wildman–Crippen LogP) is 4.28. The molecule has 1 saturated heterocycles. The van der Waals surface area contributed by atoms with E-state index in [-0.39, 0.29) is 11.9 Å². The normalized spacial score (nSPS) is 16.5. The Morgan fingerprint density at radius 3 is 2.76 bits per heavy atom. The zero-order chi connectivity index (χ0) is 17.8. The molecule has 0 saturated carbocycles. The van der Waals surface area contributed by atoms with Crippen molar-refractivity contribution in [2.45, 2.75) is 46.1 Å². The number of hydrogen-bond donors (Lipinski definition) is 1. The number of aromatic nitrogens is 1. The second-order valence-electron chi connectivity index (χ2n) is 7.10. The summed E-state index contributed by atoms with van der Waals surface area (Å²) < 4.78 is 0. The first kappa shape index (κ1) is 18.5. The Bertz CT molecular complexity index is 688. The second-order valence-corrected chi connectivity index (χ2v) is 9.17. The van der Waals surface area contributed by atoms with Crippen molar-refractivity contribution in [3.05, 3.63) is 38.0 Å². The molecule has 3 heterocycles. The van der Waals surface area contributed by atoms with E-state index in [1.54, 1.807) is 22.7 Å². The van der Waals surface area contributed by atoms with Crippen LogP contribution in [0.4, 0.5) is 0 Å². The molecule has 1 aliphatic heterocycles. The number of nitrogens with zero attached hydrogens (tertiary/aromatic N) is 2. The number of rotatable bonds is 7. The number of likely N-dealkylation sites (tertiary alicyclic amines) is 1. The molecule has 1 fully saturated rings. The van der Waals surface area contributed by atoms with Crippen LogP contribution in [0.3, 0.4) is 0 Å². The van der Waals surface area contributed by atoms with E-state index in [1.165, 1.54) is 17.7 Å². The van der Waals surface area contributed by atoms with Crippen molar-refractivity contribution in [2.24, 2.45) is 5.92 Å². The highest BCUT2D eigenvalue weighted by molar-refractivity contribution is 7.13. The maximum atomic E-state index is 12.7. The predicted molar refractivity (Wildman–Crippen MR) is 106 cm³/mol. The summed E-state index contributed by atoms with van der Waals surface area (Å²) >= 11 is 3.32. The number of amides is 1. The molecule has 0 aliphatic carbocycles. The highest BCUT2D eigenvalue weighted by Crippen LogP contribution is 2.28. The van der Waals surface area contributed by atoms with Crippen LogP contribution in [-0.2, 0) is 6.42 Å². The molecule has 1 N–H and O–H groups in total. The van der Waals surface area contributed by atoms with Gasteiger partial charge < -0.3 is 5.32 Å². The zero-order valence-electron chi connectivity index (χ0n) is 15.2. The standard InChI is InChI=1S/C19H27N3OS2/c1-13(2)11-17-21-14(3)18(25-17)19(23)20-12-15(16-7-6-10-24-16)22-8-4-5-9-22/h6-7,10,13,15H,4-5,8-9,11-12H2,1-3H3,(H,20,23). The van der Waals surface area contributed by atoms with Crippen molar-refractivity contribution in [3.8, 4) is 0 Å². The molecule has 1 unspecified atom stereocenters. The number of aryl methyl sites for hydroxylation is 1. The van der Waals surface area contributed by atoms with Crippen molar-refractivity contribution in [1.29, 1.82) is 0 Å². The average Bonchev–Trinajstić information content (AvgIpc) is 3.29. The third-order valence-electron chi connectivity index (χ3n) is 4.54. The molecule has 0 bridgehead atoms. The SMILES string of the molecule is Cc1nc(CC(C)C)sc1C(=O)NCC(c1cccs1)N1CCCC1. The molecule has 6 heteroatoms. The van der Waals surface area contributed by atoms with E-state index in [1.807, 2.05) is 6.92 Å². The average molecular weight is 378 g/mol. The number of thiophene rings is 1. The minimum Gasteiger partial charge on any atom is -0.349 e. The van der Waals surface area contributed by atoms with Crippen molar-refractivity contribution >= 4 is 28.6 Å². The Morgan fingerprint density at radius 1 is 1.36 bits per heavy atom. The number of hydrogen-bond acceptors (Lipinski definition) is 5. The molecule has 2 aromatic rings. The van der Waals surface area contributed by atoms with Gasteiger partial charge in [-0.2, -0.15) is 0 Å². The van der Waals surface area contributed by atoms with Gasteiger partial charge in [-0.15, -0.1) is 22.7 Å². The molecule has 1 aliphatic rings. The molecule has 4 nitrogen and oxygen atoms in total. The first-order valence-electron chi connectivity index (χ1n) is 9.06. The Labute approximate surface area is 158 Å². The molecular formula is C19H27N3OS2. The van der Waals surface area contributed by atoms with Gasteiger partial charge in [-0.05, 0) is 50.2 Å². The van der Waals surface area contributed by atoms with Crippen molar-refractivity contribution in [2.75, 3.05) is 19.6 Å². The summed E-state index contributed by atoms with van der Waals surface area (Å²) in [5.41, 5.74) is 0.854. The van der Waals surface area contributed by atoms with Crippen LogP contribution in [0.2, 0.25) is 0 Å². The van der Waals surface area contributed by atoms with Gasteiger partial charge in [0.05, 0.1) is 16.7 Å². The Balaban J connectivity index is 1.66. The fourth-order valence-corrected chi connectivity index (χ4v) is 5.37. The van der Waals surface area contributed by atoms with Gasteiger partial charge in [0.25, 0.3) is 5.91 Å². The van der Waals surface area contributed by atoms with E-state index in [4.69, 9.17) is 0 Å². The van der Waals surface area contributed by atoms with Gasteiger partial charge in [0.2, 0.25) is 0 Å². The van der Waals surface area contributed by atoms with E-state index in [9.17, 15) is 4.79 Å². The summed E-state index contributed by atoms with van der Waals surface area (Å²) in [6.07, 6.45) is 3.44. The molecule has 0 aromatic carbocycles. The molecule has 136 valence electrons. The highest BCUT2D eigenvalue weighted by Gasteiger charge is 2.25. The van der Waals surface area contributed by atoms with Gasteiger partial charge in [0.15, 0.2) is 0 Å². The largest absolute Gasteiger partial charge is 0.349 e. The topological polar surface area (TPSA) is 45.2 Å². The van der Waals surface area contributed by atoms with Gasteiger partial charge in [0.1, 0.15) is 4.88 Å². The summed E-state index contributed by atoms with van der Waals surface area (Å²) in [5.74, 6) is 0.575. The van der Waals surface area contributed by atoms with Gasteiger partial charge in [0, 0.05) is 17.8 Å². The lowest BCUT2D eigenvalue weighted by molar-refractivity contribution is 0.0941. The van der Waals surface area contributed by atoms with Gasteiger partial charge in [-0.25, -0.2) is 4.98 Å². The molecule has 2 aromatic heterocycles. The van der Waals surface area contributed by atoms with Gasteiger partial charge in [-0.3, -0.25) is 9.69 Å². The maximum Gasteiger partial charge on any atom is 0.263 e. The van der Waals surface area contributed by atoms with E-state index < -0.39 is 0 Å². The lowest BCUT2D eigenvalue weighted by Gasteiger charge is -2.26. The van der Waals surface area contributed by atoms with Crippen LogP contribution < -0.4 is 5.32 Å². The molecule has 0 radical (unpaired) electrons. The van der Waals surface area contributed by atoms with Crippen LogP contribution in [0, 0.1) is 12.8 Å². The maximum absolute atomic E-state index is 12.7. The third kappa shape index (κ3) is 4.68. The Kier molecular flexibility index (Phi) is 6.25. The first-order valence-corrected chi connectivity index (χ1v) is 10.8. The van der Waals surface area contributed by atoms with Crippen molar-refractivity contribution < 1.29 is 4.79 Å². The Morgan fingerprint density at radius 2 is 2.12 bits per heavy atom. The number of carbonyl (C=O) groups is 1. The van der Waals surface area contributed by atoms with Crippen molar-refractivity contribution in [1.82, 2.24) is 15.2 Å². The summed E-state index contributed by atoms with van der Waals surface area (Å²) in [6.45, 7) is 9.20. The van der Waals surface area contributed by atoms with Gasteiger partial charge >= 0.3 is 0 Å².